The van der Waals surface area contributed by atoms with Crippen molar-refractivity contribution >= 4 is 34.9 Å². The Balaban J connectivity index is 2.14. The number of nitrogens with two attached hydrogens (primary N) is 1. The summed E-state index contributed by atoms with van der Waals surface area (Å²) in [6.07, 6.45) is 2.87. The van der Waals surface area contributed by atoms with Crippen molar-refractivity contribution in [1.82, 2.24) is 0 Å². The molecule has 1 aromatic carbocycles. The molecule has 3 nitrogen and oxygen atoms in total. The molecule has 110 valence electrons. The molecule has 1 aromatic rings. The van der Waals surface area contributed by atoms with Gasteiger partial charge in [0.25, 0.3) is 0 Å². The van der Waals surface area contributed by atoms with Crippen LogP contribution in [0.5, 0.6) is 0 Å². The van der Waals surface area contributed by atoms with Gasteiger partial charge in [0, 0.05) is 0 Å². The molecule has 20 heavy (non-hydrogen) atoms. The minimum absolute atomic E-state index is 0.0734. The van der Waals surface area contributed by atoms with Gasteiger partial charge in [-0.05, 0) is 43.2 Å². The molecule has 0 aliphatic heterocycles. The molecule has 1 fully saturated rings. The third-order valence-corrected chi connectivity index (χ3v) is 4.40. The van der Waals surface area contributed by atoms with Gasteiger partial charge in [-0.2, -0.15) is 0 Å². The molecule has 0 amide bonds. The Labute approximate surface area is 129 Å². The van der Waals surface area contributed by atoms with Crippen LogP contribution in [0.1, 0.15) is 43.5 Å². The van der Waals surface area contributed by atoms with Gasteiger partial charge >= 0.3 is 5.97 Å². The van der Waals surface area contributed by atoms with Gasteiger partial charge < -0.3 is 10.5 Å². The van der Waals surface area contributed by atoms with E-state index in [4.69, 9.17) is 33.7 Å². The molecule has 5 heteroatoms. The SMILES string of the molecule is CC1CC(C)CC(OC(=O)c2c(Cl)ccc(Cl)c2N)C1. The first kappa shape index (κ1) is 15.5. The van der Waals surface area contributed by atoms with Crippen LogP contribution in [-0.4, -0.2) is 12.1 Å². The lowest BCUT2D eigenvalue weighted by Crippen LogP contribution is -2.28. The highest BCUT2D eigenvalue weighted by molar-refractivity contribution is 6.38. The van der Waals surface area contributed by atoms with E-state index >= 15 is 0 Å². The van der Waals surface area contributed by atoms with Crippen LogP contribution in [0.3, 0.4) is 0 Å². The largest absolute Gasteiger partial charge is 0.459 e. The zero-order valence-corrected chi connectivity index (χ0v) is 13.2. The highest BCUT2D eigenvalue weighted by Gasteiger charge is 2.28. The van der Waals surface area contributed by atoms with E-state index in [1.165, 1.54) is 6.42 Å². The molecular weight excluding hydrogens is 297 g/mol. The number of anilines is 1. The van der Waals surface area contributed by atoms with Crippen molar-refractivity contribution in [2.75, 3.05) is 5.73 Å². The third-order valence-electron chi connectivity index (χ3n) is 3.75. The first-order chi connectivity index (χ1) is 9.38. The van der Waals surface area contributed by atoms with E-state index in [0.717, 1.165) is 12.8 Å². The number of carbonyl (C=O) groups excluding carboxylic acids is 1. The number of carbonyl (C=O) groups is 1. The maximum absolute atomic E-state index is 12.3. The van der Waals surface area contributed by atoms with Crippen LogP contribution in [-0.2, 0) is 4.74 Å². The highest BCUT2D eigenvalue weighted by atomic mass is 35.5. The molecule has 0 saturated heterocycles. The number of ether oxygens (including phenoxy) is 1. The predicted octanol–water partition coefficient (Wildman–Crippen LogP) is 4.56. The molecule has 2 atom stereocenters. The second kappa shape index (κ2) is 6.23. The first-order valence-electron chi connectivity index (χ1n) is 6.83. The van der Waals surface area contributed by atoms with E-state index in [2.05, 4.69) is 13.8 Å². The lowest BCUT2D eigenvalue weighted by molar-refractivity contribution is 0.00819. The summed E-state index contributed by atoms with van der Waals surface area (Å²) in [7, 11) is 0. The number of hydrogen-bond donors (Lipinski definition) is 1. The molecule has 2 rings (SSSR count). The smallest absolute Gasteiger partial charge is 0.342 e. The average Bonchev–Trinajstić information content (AvgIpc) is 2.33. The average molecular weight is 316 g/mol. The van der Waals surface area contributed by atoms with Crippen LogP contribution in [0.4, 0.5) is 5.69 Å². The monoisotopic (exact) mass is 315 g/mol. The summed E-state index contributed by atoms with van der Waals surface area (Å²) < 4.78 is 5.57. The Kier molecular flexibility index (Phi) is 4.82. The van der Waals surface area contributed by atoms with Gasteiger partial charge in [-0.25, -0.2) is 4.79 Å². The van der Waals surface area contributed by atoms with Crippen molar-refractivity contribution < 1.29 is 9.53 Å². The van der Waals surface area contributed by atoms with Gasteiger partial charge in [-0.1, -0.05) is 37.0 Å². The Morgan fingerprint density at radius 2 is 1.70 bits per heavy atom. The van der Waals surface area contributed by atoms with Crippen LogP contribution in [0, 0.1) is 11.8 Å². The lowest BCUT2D eigenvalue weighted by atomic mass is 9.82. The minimum Gasteiger partial charge on any atom is -0.459 e. The first-order valence-corrected chi connectivity index (χ1v) is 7.58. The van der Waals surface area contributed by atoms with E-state index in [1.54, 1.807) is 12.1 Å². The second-order valence-corrected chi connectivity index (χ2v) is 6.58. The van der Waals surface area contributed by atoms with Crippen molar-refractivity contribution in [1.29, 1.82) is 0 Å². The summed E-state index contributed by atoms with van der Waals surface area (Å²) in [5.41, 5.74) is 6.18. The number of halogens is 2. The van der Waals surface area contributed by atoms with Crippen molar-refractivity contribution in [2.24, 2.45) is 11.8 Å². The van der Waals surface area contributed by atoms with Crippen LogP contribution in [0.25, 0.3) is 0 Å². The van der Waals surface area contributed by atoms with Crippen LogP contribution < -0.4 is 5.73 Å². The van der Waals surface area contributed by atoms with Gasteiger partial charge in [-0.15, -0.1) is 0 Å². The molecule has 0 bridgehead atoms. The minimum atomic E-state index is -0.485. The van der Waals surface area contributed by atoms with Gasteiger partial charge in [0.15, 0.2) is 0 Å². The van der Waals surface area contributed by atoms with E-state index in [0.29, 0.717) is 16.9 Å². The number of benzene rings is 1. The number of nitrogen functional groups attached to an aromatic ring is 1. The fraction of sp³-hybridized carbons (Fsp3) is 0.533. The molecule has 1 saturated carbocycles. The fourth-order valence-corrected chi connectivity index (χ4v) is 3.35. The lowest BCUT2D eigenvalue weighted by Gasteiger charge is -2.31. The Hall–Kier alpha value is -0.930. The standard InChI is InChI=1S/C15H19Cl2NO2/c1-8-5-9(2)7-10(6-8)20-15(19)13-11(16)3-4-12(17)14(13)18/h3-4,8-10H,5-7,18H2,1-2H3. The Morgan fingerprint density at radius 3 is 2.30 bits per heavy atom. The summed E-state index contributed by atoms with van der Waals surface area (Å²) >= 11 is 12.0. The normalized spacial score (nSPS) is 26.3. The number of esters is 1. The van der Waals surface area contributed by atoms with Crippen molar-refractivity contribution in [3.63, 3.8) is 0 Å². The van der Waals surface area contributed by atoms with E-state index in [1.807, 2.05) is 0 Å². The van der Waals surface area contributed by atoms with Crippen LogP contribution >= 0.6 is 23.2 Å². The molecule has 2 N–H and O–H groups in total. The number of rotatable bonds is 2. The van der Waals surface area contributed by atoms with Gasteiger partial charge in [0.1, 0.15) is 11.7 Å². The van der Waals surface area contributed by atoms with Crippen molar-refractivity contribution in [3.8, 4) is 0 Å². The fourth-order valence-electron chi connectivity index (χ4n) is 2.95. The highest BCUT2D eigenvalue weighted by Crippen LogP contribution is 2.33. The van der Waals surface area contributed by atoms with E-state index in [-0.39, 0.29) is 22.4 Å². The molecule has 0 spiro atoms. The van der Waals surface area contributed by atoms with E-state index in [9.17, 15) is 4.79 Å². The number of hydrogen-bond acceptors (Lipinski definition) is 3. The molecule has 1 aliphatic carbocycles. The molecule has 0 radical (unpaired) electrons. The van der Waals surface area contributed by atoms with E-state index < -0.39 is 5.97 Å². The predicted molar refractivity (Wildman–Crippen MR) is 82.3 cm³/mol. The molecular formula is C15H19Cl2NO2. The molecule has 2 unspecified atom stereocenters. The third kappa shape index (κ3) is 3.39. The summed E-state index contributed by atoms with van der Waals surface area (Å²) in [6.45, 7) is 4.36. The van der Waals surface area contributed by atoms with Gasteiger partial charge in [-0.3, -0.25) is 0 Å². The summed E-state index contributed by atoms with van der Waals surface area (Å²) in [5.74, 6) is 0.633. The summed E-state index contributed by atoms with van der Waals surface area (Å²) in [6, 6.07) is 3.13. The summed E-state index contributed by atoms with van der Waals surface area (Å²) in [4.78, 5) is 12.3. The van der Waals surface area contributed by atoms with Gasteiger partial charge in [0.2, 0.25) is 0 Å². The molecule has 0 aromatic heterocycles. The molecule has 1 aliphatic rings. The quantitative estimate of drug-likeness (QED) is 0.643. The Morgan fingerprint density at radius 1 is 1.15 bits per heavy atom. The summed E-state index contributed by atoms with van der Waals surface area (Å²) in [5, 5.41) is 0.584. The Bertz CT molecular complexity index is 509. The second-order valence-electron chi connectivity index (χ2n) is 5.76. The zero-order chi connectivity index (χ0) is 14.9. The van der Waals surface area contributed by atoms with Crippen molar-refractivity contribution in [3.05, 3.63) is 27.7 Å². The zero-order valence-electron chi connectivity index (χ0n) is 11.7. The van der Waals surface area contributed by atoms with Gasteiger partial charge in [0.05, 0.1) is 15.7 Å². The maximum Gasteiger partial charge on any atom is 0.342 e. The van der Waals surface area contributed by atoms with Crippen LogP contribution in [0.2, 0.25) is 10.0 Å². The maximum atomic E-state index is 12.3. The topological polar surface area (TPSA) is 52.3 Å². The van der Waals surface area contributed by atoms with Crippen molar-refractivity contribution in [2.45, 2.75) is 39.2 Å². The van der Waals surface area contributed by atoms with Crippen LogP contribution in [0.15, 0.2) is 12.1 Å². The molecule has 0 heterocycles.